The summed E-state index contributed by atoms with van der Waals surface area (Å²) in [7, 11) is 0. The first-order valence-corrected chi connectivity index (χ1v) is 4.53. The predicted molar refractivity (Wildman–Crippen MR) is 48.8 cm³/mol. The van der Waals surface area contributed by atoms with Crippen molar-refractivity contribution in [3.05, 3.63) is 30.1 Å². The fourth-order valence-corrected chi connectivity index (χ4v) is 2.00. The molecule has 2 nitrogen and oxygen atoms in total. The molecule has 12 heavy (non-hydrogen) atoms. The Hall–Kier alpha value is -0.890. The van der Waals surface area contributed by atoms with Gasteiger partial charge in [-0.3, -0.25) is 4.98 Å². The first-order chi connectivity index (χ1) is 5.88. The van der Waals surface area contributed by atoms with Gasteiger partial charge in [-0.05, 0) is 24.5 Å². The third kappa shape index (κ3) is 1.34. The average Bonchev–Trinajstić information content (AvgIpc) is 2.53. The van der Waals surface area contributed by atoms with Gasteiger partial charge in [-0.25, -0.2) is 0 Å². The van der Waals surface area contributed by atoms with Gasteiger partial charge in [0.05, 0.1) is 0 Å². The Labute approximate surface area is 72.8 Å². The third-order valence-electron chi connectivity index (χ3n) is 2.68. The monoisotopic (exact) mass is 162 g/mol. The molecule has 2 N–H and O–H groups in total. The fourth-order valence-electron chi connectivity index (χ4n) is 2.00. The first-order valence-electron chi connectivity index (χ1n) is 4.53. The van der Waals surface area contributed by atoms with Crippen LogP contribution in [-0.4, -0.2) is 11.0 Å². The van der Waals surface area contributed by atoms with Crippen LogP contribution in [0.2, 0.25) is 0 Å². The van der Waals surface area contributed by atoms with Gasteiger partial charge in [0.25, 0.3) is 0 Å². The van der Waals surface area contributed by atoms with Crippen molar-refractivity contribution < 1.29 is 0 Å². The van der Waals surface area contributed by atoms with Gasteiger partial charge in [0.15, 0.2) is 0 Å². The zero-order valence-corrected chi connectivity index (χ0v) is 7.11. The van der Waals surface area contributed by atoms with E-state index in [4.69, 9.17) is 5.73 Å². The molecule has 1 aliphatic rings. The van der Waals surface area contributed by atoms with Crippen molar-refractivity contribution in [1.29, 1.82) is 0 Å². The topological polar surface area (TPSA) is 38.9 Å². The van der Waals surface area contributed by atoms with Gasteiger partial charge in [0.1, 0.15) is 0 Å². The highest BCUT2D eigenvalue weighted by molar-refractivity contribution is 5.18. The normalized spacial score (nSPS) is 29.1. The van der Waals surface area contributed by atoms with Crippen molar-refractivity contribution >= 4 is 0 Å². The number of nitrogens with two attached hydrogens (primary N) is 1. The highest BCUT2D eigenvalue weighted by Gasteiger charge is 2.24. The largest absolute Gasteiger partial charge is 0.327 e. The molecule has 1 heterocycles. The Balaban J connectivity index is 2.19. The van der Waals surface area contributed by atoms with Crippen LogP contribution in [0.1, 0.15) is 30.7 Å². The zero-order valence-electron chi connectivity index (χ0n) is 7.11. The van der Waals surface area contributed by atoms with E-state index >= 15 is 0 Å². The van der Waals surface area contributed by atoms with Crippen molar-refractivity contribution in [2.45, 2.75) is 31.2 Å². The van der Waals surface area contributed by atoms with E-state index in [2.05, 4.69) is 11.1 Å². The summed E-state index contributed by atoms with van der Waals surface area (Å²) >= 11 is 0. The highest BCUT2D eigenvalue weighted by atomic mass is 14.7. The minimum atomic E-state index is 0.356. The van der Waals surface area contributed by atoms with E-state index in [0.29, 0.717) is 12.0 Å². The molecule has 1 aromatic heterocycles. The van der Waals surface area contributed by atoms with E-state index in [-0.39, 0.29) is 0 Å². The van der Waals surface area contributed by atoms with E-state index < -0.39 is 0 Å². The lowest BCUT2D eigenvalue weighted by atomic mass is 9.96. The van der Waals surface area contributed by atoms with E-state index in [1.807, 2.05) is 18.5 Å². The quantitative estimate of drug-likeness (QED) is 0.682. The average molecular weight is 162 g/mol. The Morgan fingerprint density at radius 2 is 2.33 bits per heavy atom. The molecule has 2 heteroatoms. The molecule has 1 aromatic rings. The molecule has 0 spiro atoms. The molecule has 0 bridgehead atoms. The summed E-state index contributed by atoms with van der Waals surface area (Å²) in [4.78, 5) is 4.11. The summed E-state index contributed by atoms with van der Waals surface area (Å²) in [6.45, 7) is 0. The van der Waals surface area contributed by atoms with Crippen LogP contribution in [0, 0.1) is 0 Å². The summed E-state index contributed by atoms with van der Waals surface area (Å²) < 4.78 is 0. The van der Waals surface area contributed by atoms with Gasteiger partial charge < -0.3 is 5.73 Å². The number of pyridine rings is 1. The molecule has 64 valence electrons. The molecule has 1 aliphatic carbocycles. The summed E-state index contributed by atoms with van der Waals surface area (Å²) in [5.74, 6) is 0.554. The minimum absolute atomic E-state index is 0.356. The number of nitrogens with zero attached hydrogens (tertiary/aromatic N) is 1. The first kappa shape index (κ1) is 7.74. The van der Waals surface area contributed by atoms with Crippen molar-refractivity contribution in [3.8, 4) is 0 Å². The van der Waals surface area contributed by atoms with Gasteiger partial charge in [-0.15, -0.1) is 0 Å². The van der Waals surface area contributed by atoms with Crippen molar-refractivity contribution in [1.82, 2.24) is 4.98 Å². The van der Waals surface area contributed by atoms with Crippen LogP contribution in [0.5, 0.6) is 0 Å². The standard InChI is InChI=1S/C10H14N2/c11-10-5-1-4-9(10)8-3-2-6-12-7-8/h2-3,6-7,9-10H,1,4-5,11H2. The molecular formula is C10H14N2. The second kappa shape index (κ2) is 3.23. The van der Waals surface area contributed by atoms with Crippen LogP contribution < -0.4 is 5.73 Å². The van der Waals surface area contributed by atoms with Gasteiger partial charge in [-0.1, -0.05) is 12.5 Å². The number of rotatable bonds is 1. The molecule has 0 aromatic carbocycles. The summed E-state index contributed by atoms with van der Waals surface area (Å²) in [6.07, 6.45) is 7.41. The van der Waals surface area contributed by atoms with Crippen molar-refractivity contribution in [2.24, 2.45) is 5.73 Å². The lowest BCUT2D eigenvalue weighted by molar-refractivity contribution is 0.611. The van der Waals surface area contributed by atoms with Crippen molar-refractivity contribution in [3.63, 3.8) is 0 Å². The summed E-state index contributed by atoms with van der Waals surface area (Å²) in [5, 5.41) is 0. The highest BCUT2D eigenvalue weighted by Crippen LogP contribution is 2.32. The number of hydrogen-bond donors (Lipinski definition) is 1. The maximum Gasteiger partial charge on any atom is 0.0303 e. The van der Waals surface area contributed by atoms with Crippen LogP contribution in [-0.2, 0) is 0 Å². The molecule has 2 rings (SSSR count). The van der Waals surface area contributed by atoms with Crippen LogP contribution in [0.4, 0.5) is 0 Å². The molecule has 0 amide bonds. The molecule has 2 unspecified atom stereocenters. The fraction of sp³-hybridized carbons (Fsp3) is 0.500. The van der Waals surface area contributed by atoms with Gasteiger partial charge >= 0.3 is 0 Å². The van der Waals surface area contributed by atoms with Gasteiger partial charge in [-0.2, -0.15) is 0 Å². The summed E-state index contributed by atoms with van der Waals surface area (Å²) in [6, 6.07) is 4.47. The SMILES string of the molecule is NC1CCCC1c1cccnc1. The maximum absolute atomic E-state index is 5.98. The molecule has 1 saturated carbocycles. The lowest BCUT2D eigenvalue weighted by Crippen LogP contribution is -2.22. The Bertz CT molecular complexity index is 245. The van der Waals surface area contributed by atoms with Crippen molar-refractivity contribution in [2.75, 3.05) is 0 Å². The molecule has 0 saturated heterocycles. The maximum atomic E-state index is 5.98. The second-order valence-corrected chi connectivity index (χ2v) is 3.49. The Kier molecular flexibility index (Phi) is 2.09. The van der Waals surface area contributed by atoms with Gasteiger partial charge in [0.2, 0.25) is 0 Å². The minimum Gasteiger partial charge on any atom is -0.327 e. The summed E-state index contributed by atoms with van der Waals surface area (Å²) in [5.41, 5.74) is 7.29. The Morgan fingerprint density at radius 3 is 2.92 bits per heavy atom. The molecular weight excluding hydrogens is 148 g/mol. The van der Waals surface area contributed by atoms with Crippen LogP contribution >= 0.6 is 0 Å². The van der Waals surface area contributed by atoms with E-state index in [1.165, 1.54) is 24.8 Å². The molecule has 0 radical (unpaired) electrons. The van der Waals surface area contributed by atoms with Crippen LogP contribution in [0.25, 0.3) is 0 Å². The third-order valence-corrected chi connectivity index (χ3v) is 2.68. The zero-order chi connectivity index (χ0) is 8.39. The molecule has 1 fully saturated rings. The van der Waals surface area contributed by atoms with Crippen LogP contribution in [0.3, 0.4) is 0 Å². The van der Waals surface area contributed by atoms with Crippen LogP contribution in [0.15, 0.2) is 24.5 Å². The number of hydrogen-bond acceptors (Lipinski definition) is 2. The van der Waals surface area contributed by atoms with E-state index in [1.54, 1.807) is 0 Å². The van der Waals surface area contributed by atoms with Gasteiger partial charge in [0, 0.05) is 24.4 Å². The predicted octanol–water partition coefficient (Wildman–Crippen LogP) is 1.68. The second-order valence-electron chi connectivity index (χ2n) is 3.49. The Morgan fingerprint density at radius 1 is 1.42 bits per heavy atom. The smallest absolute Gasteiger partial charge is 0.0303 e. The molecule has 2 atom stereocenters. The number of aromatic nitrogens is 1. The van der Waals surface area contributed by atoms with E-state index in [0.717, 1.165) is 0 Å². The van der Waals surface area contributed by atoms with E-state index in [9.17, 15) is 0 Å². The molecule has 0 aliphatic heterocycles. The lowest BCUT2D eigenvalue weighted by Gasteiger charge is -2.14.